The fraction of sp³-hybridized carbons (Fsp3) is 0.455. The molecule has 1 aromatic rings. The van der Waals surface area contributed by atoms with Gasteiger partial charge in [-0.15, -0.1) is 0 Å². The molecule has 0 aliphatic carbocycles. The van der Waals surface area contributed by atoms with Crippen LogP contribution in [0.4, 0.5) is 0 Å². The molecule has 0 heterocycles. The highest BCUT2D eigenvalue weighted by Gasteiger charge is 2.00. The molecule has 1 atom stereocenters. The van der Waals surface area contributed by atoms with Crippen molar-refractivity contribution in [2.24, 2.45) is 0 Å². The average molecular weight is 212 g/mol. The first-order valence-electron chi connectivity index (χ1n) is 4.99. The fourth-order valence-electron chi connectivity index (χ4n) is 1.11. The van der Waals surface area contributed by atoms with Gasteiger partial charge < -0.3 is 4.52 Å². The number of benzene rings is 1. The maximum atomic E-state index is 11.4. The molecular weight excluding hydrogens is 195 g/mol. The molecule has 78 valence electrons. The normalized spacial score (nSPS) is 12.4. The number of hydrogen-bond donors (Lipinski definition) is 0. The zero-order valence-corrected chi connectivity index (χ0v) is 9.75. The minimum Gasteiger partial charge on any atom is -0.445 e. The summed E-state index contributed by atoms with van der Waals surface area (Å²) < 4.78 is 16.7. The number of hydrogen-bond acceptors (Lipinski definition) is 2. The first-order valence-corrected chi connectivity index (χ1v) is 6.52. The predicted molar refractivity (Wildman–Crippen MR) is 60.6 cm³/mol. The molecule has 0 N–H and O–H groups in total. The van der Waals surface area contributed by atoms with Crippen LogP contribution in [0.3, 0.4) is 0 Å². The Morgan fingerprint density at radius 2 is 1.93 bits per heavy atom. The summed E-state index contributed by atoms with van der Waals surface area (Å²) in [7, 11) is -1.87. The van der Waals surface area contributed by atoms with Crippen molar-refractivity contribution in [3.05, 3.63) is 29.8 Å². The van der Waals surface area contributed by atoms with E-state index >= 15 is 0 Å². The van der Waals surface area contributed by atoms with Gasteiger partial charge in [0.05, 0.1) is 0 Å². The standard InChI is InChI=1S/C11H17O2P/c1-3-4-9-14(12)13-11-7-5-10(2)6-8-11/h5-8,14H,3-4,9H2,1-2H3. The van der Waals surface area contributed by atoms with Crippen molar-refractivity contribution in [1.82, 2.24) is 0 Å². The zero-order valence-electron chi connectivity index (χ0n) is 8.75. The van der Waals surface area contributed by atoms with E-state index in [9.17, 15) is 4.57 Å². The van der Waals surface area contributed by atoms with Crippen LogP contribution in [-0.2, 0) is 4.57 Å². The summed E-state index contributed by atoms with van der Waals surface area (Å²) in [5.41, 5.74) is 1.19. The summed E-state index contributed by atoms with van der Waals surface area (Å²) in [5, 5.41) is 0. The lowest BCUT2D eigenvalue weighted by atomic mass is 10.2. The largest absolute Gasteiger partial charge is 0.445 e. The molecule has 0 spiro atoms. The van der Waals surface area contributed by atoms with Crippen LogP contribution in [0.1, 0.15) is 25.3 Å². The van der Waals surface area contributed by atoms with Crippen LogP contribution in [0.25, 0.3) is 0 Å². The van der Waals surface area contributed by atoms with Crippen LogP contribution in [0.5, 0.6) is 5.75 Å². The Morgan fingerprint density at radius 1 is 1.29 bits per heavy atom. The van der Waals surface area contributed by atoms with Gasteiger partial charge in [-0.25, -0.2) is 0 Å². The Hall–Kier alpha value is -0.750. The van der Waals surface area contributed by atoms with Crippen molar-refractivity contribution < 1.29 is 9.09 Å². The minimum absolute atomic E-state index is 0.690. The van der Waals surface area contributed by atoms with Crippen LogP contribution in [0, 0.1) is 6.92 Å². The van der Waals surface area contributed by atoms with Gasteiger partial charge in [0.25, 0.3) is 0 Å². The molecule has 0 saturated carbocycles. The van der Waals surface area contributed by atoms with Gasteiger partial charge in [0.15, 0.2) is 0 Å². The molecule has 1 aromatic carbocycles. The lowest BCUT2D eigenvalue weighted by Crippen LogP contribution is -1.86. The molecule has 1 rings (SSSR count). The van der Waals surface area contributed by atoms with Crippen LogP contribution in [0.15, 0.2) is 24.3 Å². The quantitative estimate of drug-likeness (QED) is 0.696. The maximum absolute atomic E-state index is 11.4. The maximum Gasteiger partial charge on any atom is 0.236 e. The van der Waals surface area contributed by atoms with E-state index in [-0.39, 0.29) is 0 Å². The summed E-state index contributed by atoms with van der Waals surface area (Å²) in [5.74, 6) is 0.718. The van der Waals surface area contributed by atoms with E-state index < -0.39 is 8.03 Å². The zero-order chi connectivity index (χ0) is 10.4. The first-order chi connectivity index (χ1) is 6.72. The Labute approximate surface area is 86.2 Å². The smallest absolute Gasteiger partial charge is 0.236 e. The van der Waals surface area contributed by atoms with Crippen molar-refractivity contribution in [2.45, 2.75) is 26.7 Å². The highest BCUT2D eigenvalue weighted by molar-refractivity contribution is 7.39. The third-order valence-electron chi connectivity index (χ3n) is 1.99. The monoisotopic (exact) mass is 212 g/mol. The summed E-state index contributed by atoms with van der Waals surface area (Å²) in [6, 6.07) is 7.66. The Balaban J connectivity index is 2.44. The second kappa shape index (κ2) is 5.87. The molecular formula is C11H17O2P. The molecule has 1 unspecified atom stereocenters. The molecule has 0 aliphatic rings. The number of unbranched alkanes of at least 4 members (excludes halogenated alkanes) is 1. The molecule has 3 heteroatoms. The van der Waals surface area contributed by atoms with E-state index in [4.69, 9.17) is 4.52 Å². The second-order valence-electron chi connectivity index (χ2n) is 3.39. The molecule has 0 fully saturated rings. The van der Waals surface area contributed by atoms with Gasteiger partial charge in [0, 0.05) is 6.16 Å². The van der Waals surface area contributed by atoms with Crippen molar-refractivity contribution in [1.29, 1.82) is 0 Å². The van der Waals surface area contributed by atoms with E-state index in [2.05, 4.69) is 6.92 Å². The topological polar surface area (TPSA) is 26.3 Å². The van der Waals surface area contributed by atoms with Crippen molar-refractivity contribution >= 4 is 8.03 Å². The molecule has 0 radical (unpaired) electrons. The molecule has 0 aromatic heterocycles. The molecule has 14 heavy (non-hydrogen) atoms. The molecule has 0 saturated heterocycles. The fourth-order valence-corrected chi connectivity index (χ4v) is 2.25. The third kappa shape index (κ3) is 3.97. The first kappa shape index (κ1) is 11.3. The Bertz CT molecular complexity index is 293. The molecule has 2 nitrogen and oxygen atoms in total. The number of rotatable bonds is 5. The summed E-state index contributed by atoms with van der Waals surface area (Å²) in [6.45, 7) is 4.10. The lowest BCUT2D eigenvalue weighted by molar-refractivity contribution is 0.502. The van der Waals surface area contributed by atoms with Gasteiger partial charge in [-0.2, -0.15) is 0 Å². The summed E-state index contributed by atoms with van der Waals surface area (Å²) >= 11 is 0. The van der Waals surface area contributed by atoms with E-state index in [1.54, 1.807) is 0 Å². The van der Waals surface area contributed by atoms with Crippen LogP contribution >= 0.6 is 8.03 Å². The lowest BCUT2D eigenvalue weighted by Gasteiger charge is -2.05. The third-order valence-corrected chi connectivity index (χ3v) is 3.21. The highest BCUT2D eigenvalue weighted by atomic mass is 31.1. The van der Waals surface area contributed by atoms with Gasteiger partial charge >= 0.3 is 0 Å². The Kier molecular flexibility index (Phi) is 4.75. The van der Waals surface area contributed by atoms with E-state index in [1.165, 1.54) is 5.56 Å². The van der Waals surface area contributed by atoms with E-state index in [1.807, 2.05) is 31.2 Å². The average Bonchev–Trinajstić information content (AvgIpc) is 2.18. The van der Waals surface area contributed by atoms with Crippen LogP contribution < -0.4 is 4.52 Å². The number of aryl methyl sites for hydroxylation is 1. The van der Waals surface area contributed by atoms with Crippen molar-refractivity contribution in [3.63, 3.8) is 0 Å². The van der Waals surface area contributed by atoms with Gasteiger partial charge in [-0.1, -0.05) is 31.0 Å². The minimum atomic E-state index is -1.87. The Morgan fingerprint density at radius 3 is 2.50 bits per heavy atom. The van der Waals surface area contributed by atoms with Crippen molar-refractivity contribution in [2.75, 3.05) is 6.16 Å². The molecule has 0 bridgehead atoms. The van der Waals surface area contributed by atoms with Gasteiger partial charge in [-0.05, 0) is 25.5 Å². The highest BCUT2D eigenvalue weighted by Crippen LogP contribution is 2.27. The molecule has 0 amide bonds. The SMILES string of the molecule is CCCC[PH](=O)Oc1ccc(C)cc1. The predicted octanol–water partition coefficient (Wildman–Crippen LogP) is 3.65. The second-order valence-corrected chi connectivity index (χ2v) is 4.84. The summed E-state index contributed by atoms with van der Waals surface area (Å²) in [6.07, 6.45) is 2.73. The van der Waals surface area contributed by atoms with E-state index in [0.717, 1.165) is 18.6 Å². The van der Waals surface area contributed by atoms with E-state index in [0.29, 0.717) is 6.16 Å². The van der Waals surface area contributed by atoms with Crippen LogP contribution in [-0.4, -0.2) is 6.16 Å². The van der Waals surface area contributed by atoms with Gasteiger partial charge in [-0.3, -0.25) is 4.57 Å². The van der Waals surface area contributed by atoms with Gasteiger partial charge in [0.1, 0.15) is 5.75 Å². The molecule has 0 aliphatic heterocycles. The van der Waals surface area contributed by atoms with Crippen molar-refractivity contribution in [3.8, 4) is 5.75 Å². The summed E-state index contributed by atoms with van der Waals surface area (Å²) in [4.78, 5) is 0. The van der Waals surface area contributed by atoms with Crippen LogP contribution in [0.2, 0.25) is 0 Å². The van der Waals surface area contributed by atoms with Gasteiger partial charge in [0.2, 0.25) is 8.03 Å².